The first kappa shape index (κ1) is 20.2. The highest BCUT2D eigenvalue weighted by atomic mass is 35.5. The van der Waals surface area contributed by atoms with Crippen LogP contribution in [0.15, 0.2) is 36.7 Å². The van der Waals surface area contributed by atoms with Gasteiger partial charge in [-0.3, -0.25) is 0 Å². The van der Waals surface area contributed by atoms with E-state index >= 15 is 0 Å². The van der Waals surface area contributed by atoms with Gasteiger partial charge in [-0.1, -0.05) is 56.3 Å². The van der Waals surface area contributed by atoms with Gasteiger partial charge in [0.25, 0.3) is 0 Å². The normalized spacial score (nSPS) is 13.5. The molecule has 0 saturated heterocycles. The minimum absolute atomic E-state index is 0. The maximum Gasteiger partial charge on any atom is 0.0893 e. The number of hydrogen-bond donors (Lipinski definition) is 0. The van der Waals surface area contributed by atoms with Gasteiger partial charge in [-0.05, 0) is 37.0 Å². The minimum Gasteiger partial charge on any atom is -0.359 e. The molecule has 2 nitrogen and oxygen atoms in total. The summed E-state index contributed by atoms with van der Waals surface area (Å²) in [6.07, 6.45) is 13.6. The van der Waals surface area contributed by atoms with Crippen LogP contribution >= 0.6 is 24.0 Å². The lowest BCUT2D eigenvalue weighted by molar-refractivity contribution is 0.259. The highest BCUT2D eigenvalue weighted by Gasteiger charge is 2.11. The summed E-state index contributed by atoms with van der Waals surface area (Å²) in [6, 6.07) is 8.22. The molecule has 0 saturated carbocycles. The number of aryl methyl sites for hydroxylation is 1. The zero-order valence-electron chi connectivity index (χ0n) is 14.2. The quantitative estimate of drug-likeness (QED) is 0.495. The van der Waals surface area contributed by atoms with Crippen LogP contribution in [0.5, 0.6) is 0 Å². The zero-order valence-corrected chi connectivity index (χ0v) is 15.8. The Hall–Kier alpha value is -0.860. The Morgan fingerprint density at radius 1 is 0.870 bits per heavy atom. The molecule has 2 rings (SSSR count). The minimum atomic E-state index is 0. The molecule has 1 aromatic rings. The van der Waals surface area contributed by atoms with Crippen molar-refractivity contribution in [3.05, 3.63) is 47.3 Å². The average Bonchev–Trinajstić information content (AvgIpc) is 2.97. The van der Waals surface area contributed by atoms with Gasteiger partial charge in [0.05, 0.1) is 6.67 Å². The summed E-state index contributed by atoms with van der Waals surface area (Å²) in [5.74, 6) is 0. The Morgan fingerprint density at radius 2 is 1.48 bits per heavy atom. The van der Waals surface area contributed by atoms with Gasteiger partial charge in [0.15, 0.2) is 0 Å². The summed E-state index contributed by atoms with van der Waals surface area (Å²) in [5, 5.41) is 0.820. The molecular formula is C19H30Cl2N2. The van der Waals surface area contributed by atoms with Crippen molar-refractivity contribution < 1.29 is 0 Å². The fourth-order valence-corrected chi connectivity index (χ4v) is 2.99. The average molecular weight is 357 g/mol. The van der Waals surface area contributed by atoms with Crippen molar-refractivity contribution in [2.45, 2.75) is 51.9 Å². The highest BCUT2D eigenvalue weighted by Crippen LogP contribution is 2.13. The molecule has 0 fully saturated rings. The van der Waals surface area contributed by atoms with E-state index in [-0.39, 0.29) is 12.4 Å². The van der Waals surface area contributed by atoms with Gasteiger partial charge < -0.3 is 9.80 Å². The van der Waals surface area contributed by atoms with Crippen LogP contribution in [0.25, 0.3) is 0 Å². The smallest absolute Gasteiger partial charge is 0.0893 e. The van der Waals surface area contributed by atoms with E-state index in [4.69, 9.17) is 11.6 Å². The second-order valence-electron chi connectivity index (χ2n) is 6.21. The highest BCUT2D eigenvalue weighted by molar-refractivity contribution is 6.30. The first-order chi connectivity index (χ1) is 10.8. The molecule has 0 radical (unpaired) electrons. The summed E-state index contributed by atoms with van der Waals surface area (Å²) in [7, 11) is 0. The fourth-order valence-electron chi connectivity index (χ4n) is 2.86. The van der Waals surface area contributed by atoms with Crippen LogP contribution in [0.3, 0.4) is 0 Å². The third kappa shape index (κ3) is 7.99. The van der Waals surface area contributed by atoms with E-state index in [0.29, 0.717) is 0 Å². The zero-order chi connectivity index (χ0) is 15.6. The van der Waals surface area contributed by atoms with Crippen molar-refractivity contribution in [2.75, 3.05) is 19.8 Å². The molecule has 0 atom stereocenters. The van der Waals surface area contributed by atoms with E-state index in [9.17, 15) is 0 Å². The number of unbranched alkanes of at least 4 members (excludes halogenated alkanes) is 4. The molecule has 1 aliphatic heterocycles. The Morgan fingerprint density at radius 3 is 2.13 bits per heavy atom. The molecular weight excluding hydrogens is 327 g/mol. The summed E-state index contributed by atoms with van der Waals surface area (Å²) in [4.78, 5) is 4.86. The van der Waals surface area contributed by atoms with E-state index in [0.717, 1.165) is 24.7 Å². The molecule has 1 heterocycles. The summed E-state index contributed by atoms with van der Waals surface area (Å²) in [6.45, 7) is 5.67. The van der Waals surface area contributed by atoms with Crippen LogP contribution in [-0.2, 0) is 6.42 Å². The largest absolute Gasteiger partial charge is 0.359 e. The maximum atomic E-state index is 5.91. The summed E-state index contributed by atoms with van der Waals surface area (Å²) < 4.78 is 0. The van der Waals surface area contributed by atoms with E-state index in [1.807, 2.05) is 12.1 Å². The van der Waals surface area contributed by atoms with Crippen LogP contribution in [0, 0.1) is 0 Å². The topological polar surface area (TPSA) is 6.48 Å². The van der Waals surface area contributed by atoms with Crippen molar-refractivity contribution in [1.82, 2.24) is 9.80 Å². The summed E-state index contributed by atoms with van der Waals surface area (Å²) >= 11 is 5.91. The fraction of sp³-hybridized carbons (Fsp3) is 0.579. The second-order valence-corrected chi connectivity index (χ2v) is 6.64. The molecule has 1 aliphatic rings. The number of rotatable bonds is 10. The predicted octanol–water partition coefficient (Wildman–Crippen LogP) is 5.71. The molecule has 4 heteroatoms. The van der Waals surface area contributed by atoms with Gasteiger partial charge in [-0.15, -0.1) is 12.4 Å². The van der Waals surface area contributed by atoms with Crippen molar-refractivity contribution in [3.8, 4) is 0 Å². The van der Waals surface area contributed by atoms with Crippen LogP contribution in [-0.4, -0.2) is 29.6 Å². The molecule has 0 amide bonds. The maximum absolute atomic E-state index is 5.91. The molecule has 0 aromatic heterocycles. The van der Waals surface area contributed by atoms with Crippen LogP contribution < -0.4 is 0 Å². The van der Waals surface area contributed by atoms with Crippen molar-refractivity contribution in [2.24, 2.45) is 0 Å². The lowest BCUT2D eigenvalue weighted by Crippen LogP contribution is -2.27. The SMILES string of the molecule is CCCCCCCN1C=CN(CCCc2ccc(Cl)cc2)C1.Cl. The molecule has 130 valence electrons. The van der Waals surface area contributed by atoms with Crippen LogP contribution in [0.2, 0.25) is 5.02 Å². The monoisotopic (exact) mass is 356 g/mol. The van der Waals surface area contributed by atoms with E-state index in [1.54, 1.807) is 0 Å². The Labute approximate surface area is 152 Å². The third-order valence-corrected chi connectivity index (χ3v) is 4.48. The number of halogens is 2. The van der Waals surface area contributed by atoms with Crippen molar-refractivity contribution in [1.29, 1.82) is 0 Å². The predicted molar refractivity (Wildman–Crippen MR) is 103 cm³/mol. The van der Waals surface area contributed by atoms with E-state index in [1.165, 1.54) is 50.6 Å². The number of hydrogen-bond acceptors (Lipinski definition) is 2. The van der Waals surface area contributed by atoms with Crippen LogP contribution in [0.1, 0.15) is 51.0 Å². The molecule has 0 bridgehead atoms. The van der Waals surface area contributed by atoms with Crippen molar-refractivity contribution >= 4 is 24.0 Å². The third-order valence-electron chi connectivity index (χ3n) is 4.22. The molecule has 23 heavy (non-hydrogen) atoms. The molecule has 0 spiro atoms. The Balaban J connectivity index is 0.00000264. The Kier molecular flexibility index (Phi) is 10.2. The number of nitrogens with zero attached hydrogens (tertiary/aromatic N) is 2. The lowest BCUT2D eigenvalue weighted by atomic mass is 10.1. The molecule has 0 N–H and O–H groups in total. The number of benzene rings is 1. The van der Waals surface area contributed by atoms with Gasteiger partial charge in [0, 0.05) is 30.5 Å². The first-order valence-corrected chi connectivity index (χ1v) is 9.06. The lowest BCUT2D eigenvalue weighted by Gasteiger charge is -2.21. The standard InChI is InChI=1S/C19H29ClN2.ClH/c1-2-3-4-5-6-13-21-15-16-22(17-21)14-7-8-18-9-11-19(20)12-10-18;/h9-12,15-16H,2-8,13-14,17H2,1H3;1H. The van der Waals surface area contributed by atoms with Gasteiger partial charge in [0.1, 0.15) is 0 Å². The Bertz CT molecular complexity index is 445. The molecule has 1 aromatic carbocycles. The van der Waals surface area contributed by atoms with E-state index < -0.39 is 0 Å². The van der Waals surface area contributed by atoms with E-state index in [2.05, 4.69) is 41.3 Å². The second kappa shape index (κ2) is 11.6. The molecule has 0 aliphatic carbocycles. The van der Waals surface area contributed by atoms with Gasteiger partial charge in [0.2, 0.25) is 0 Å². The van der Waals surface area contributed by atoms with Crippen LogP contribution in [0.4, 0.5) is 0 Å². The van der Waals surface area contributed by atoms with Crippen molar-refractivity contribution in [3.63, 3.8) is 0 Å². The van der Waals surface area contributed by atoms with Gasteiger partial charge in [-0.25, -0.2) is 0 Å². The summed E-state index contributed by atoms with van der Waals surface area (Å²) in [5.41, 5.74) is 1.38. The van der Waals surface area contributed by atoms with Gasteiger partial charge in [-0.2, -0.15) is 0 Å². The van der Waals surface area contributed by atoms with Gasteiger partial charge >= 0.3 is 0 Å². The molecule has 0 unspecified atom stereocenters. The first-order valence-electron chi connectivity index (χ1n) is 8.69.